The van der Waals surface area contributed by atoms with E-state index in [0.717, 1.165) is 0 Å². The molecule has 1 aromatic rings. The molecule has 0 aromatic heterocycles. The number of anilines is 1. The molecule has 0 saturated heterocycles. The van der Waals surface area contributed by atoms with Crippen LogP contribution in [0.15, 0.2) is 18.2 Å². The normalized spacial score (nSPS) is 12.2. The number of carbonyl (C=O) groups is 1. The minimum atomic E-state index is -1.07. The van der Waals surface area contributed by atoms with E-state index in [-0.39, 0.29) is 22.3 Å². The van der Waals surface area contributed by atoms with Crippen molar-refractivity contribution in [1.82, 2.24) is 0 Å². The zero-order valence-electron chi connectivity index (χ0n) is 9.88. The average molecular weight is 273 g/mol. The van der Waals surface area contributed by atoms with Crippen LogP contribution in [0.5, 0.6) is 0 Å². The van der Waals surface area contributed by atoms with E-state index in [4.69, 9.17) is 16.7 Å². The van der Waals surface area contributed by atoms with E-state index in [0.29, 0.717) is 0 Å². The highest BCUT2D eigenvalue weighted by atomic mass is 35.5. The molecule has 1 unspecified atom stereocenters. The van der Waals surface area contributed by atoms with Gasteiger partial charge in [-0.3, -0.25) is 10.1 Å². The average Bonchev–Trinajstić information content (AvgIpc) is 2.24. The van der Waals surface area contributed by atoms with Crippen molar-refractivity contribution in [2.45, 2.75) is 19.9 Å². The minimum absolute atomic E-state index is 0.0297. The van der Waals surface area contributed by atoms with Crippen molar-refractivity contribution in [3.05, 3.63) is 33.3 Å². The molecular formula is C11H13ClN2O4. The van der Waals surface area contributed by atoms with Gasteiger partial charge < -0.3 is 10.4 Å². The molecule has 0 fully saturated rings. The Morgan fingerprint density at radius 2 is 2.11 bits per heavy atom. The molecule has 0 aliphatic heterocycles. The number of aliphatic carboxylic acids is 1. The fraction of sp³-hybridized carbons (Fsp3) is 0.364. The first-order valence-corrected chi connectivity index (χ1v) is 5.64. The smallest absolute Gasteiger partial charge is 0.326 e. The molecular weight excluding hydrogens is 260 g/mol. The van der Waals surface area contributed by atoms with Gasteiger partial charge in [0.15, 0.2) is 0 Å². The van der Waals surface area contributed by atoms with E-state index in [1.807, 2.05) is 0 Å². The number of nitrogens with zero attached hydrogens (tertiary/aromatic N) is 1. The second-order valence-electron chi connectivity index (χ2n) is 4.10. The molecule has 0 saturated carbocycles. The molecule has 98 valence electrons. The third-order valence-electron chi connectivity index (χ3n) is 2.41. The van der Waals surface area contributed by atoms with Crippen molar-refractivity contribution < 1.29 is 14.8 Å². The molecule has 0 bridgehead atoms. The van der Waals surface area contributed by atoms with E-state index in [1.54, 1.807) is 13.8 Å². The van der Waals surface area contributed by atoms with Crippen LogP contribution in [0.1, 0.15) is 13.8 Å². The number of halogens is 1. The summed E-state index contributed by atoms with van der Waals surface area (Å²) in [4.78, 5) is 21.3. The van der Waals surface area contributed by atoms with Crippen LogP contribution in [0.4, 0.5) is 11.4 Å². The highest BCUT2D eigenvalue weighted by Crippen LogP contribution is 2.33. The quantitative estimate of drug-likeness (QED) is 0.635. The molecule has 0 heterocycles. The molecule has 0 spiro atoms. The second-order valence-corrected chi connectivity index (χ2v) is 4.50. The molecule has 0 amide bonds. The summed E-state index contributed by atoms with van der Waals surface area (Å²) in [5.74, 6) is -1.29. The fourth-order valence-corrected chi connectivity index (χ4v) is 1.74. The van der Waals surface area contributed by atoms with Gasteiger partial charge in [-0.05, 0) is 18.1 Å². The van der Waals surface area contributed by atoms with Crippen molar-refractivity contribution in [3.8, 4) is 0 Å². The molecule has 1 aromatic carbocycles. The fourth-order valence-electron chi connectivity index (χ4n) is 1.50. The Kier molecular flexibility index (Phi) is 4.49. The monoisotopic (exact) mass is 272 g/mol. The van der Waals surface area contributed by atoms with Gasteiger partial charge in [-0.2, -0.15) is 0 Å². The largest absolute Gasteiger partial charge is 0.480 e. The molecule has 2 N–H and O–H groups in total. The lowest BCUT2D eigenvalue weighted by Crippen LogP contribution is -2.34. The maximum atomic E-state index is 11.0. The van der Waals surface area contributed by atoms with Crippen LogP contribution in [0, 0.1) is 16.0 Å². The van der Waals surface area contributed by atoms with E-state index in [1.165, 1.54) is 18.2 Å². The number of rotatable bonds is 5. The van der Waals surface area contributed by atoms with E-state index < -0.39 is 16.9 Å². The van der Waals surface area contributed by atoms with Crippen molar-refractivity contribution >= 4 is 28.9 Å². The first-order chi connectivity index (χ1) is 8.34. The highest BCUT2D eigenvalue weighted by molar-refractivity contribution is 6.33. The third-order valence-corrected chi connectivity index (χ3v) is 2.72. The van der Waals surface area contributed by atoms with Crippen LogP contribution >= 0.6 is 11.6 Å². The van der Waals surface area contributed by atoms with Gasteiger partial charge in [-0.25, -0.2) is 4.79 Å². The number of hydrogen-bond acceptors (Lipinski definition) is 4. The Morgan fingerprint density at radius 1 is 1.50 bits per heavy atom. The van der Waals surface area contributed by atoms with Crippen molar-refractivity contribution in [1.29, 1.82) is 0 Å². The molecule has 6 nitrogen and oxygen atoms in total. The summed E-state index contributed by atoms with van der Waals surface area (Å²) in [6, 6.07) is 3.43. The summed E-state index contributed by atoms with van der Waals surface area (Å²) in [6.07, 6.45) is 0. The van der Waals surface area contributed by atoms with Gasteiger partial charge in [0.2, 0.25) is 0 Å². The van der Waals surface area contributed by atoms with Gasteiger partial charge in [0, 0.05) is 0 Å². The van der Waals surface area contributed by atoms with Gasteiger partial charge in [0.1, 0.15) is 16.8 Å². The Balaban J connectivity index is 3.14. The number of para-hydroxylation sites is 1. The van der Waals surface area contributed by atoms with Gasteiger partial charge in [-0.1, -0.05) is 31.5 Å². The molecule has 1 rings (SSSR count). The van der Waals surface area contributed by atoms with Gasteiger partial charge in [0.05, 0.1) is 4.92 Å². The summed E-state index contributed by atoms with van der Waals surface area (Å²) < 4.78 is 0. The van der Waals surface area contributed by atoms with Crippen LogP contribution in [0.2, 0.25) is 5.02 Å². The molecule has 0 aliphatic carbocycles. The SMILES string of the molecule is CC(C)C(Nc1cccc(Cl)c1[N+](=O)[O-])C(=O)O. The topological polar surface area (TPSA) is 92.5 Å². The summed E-state index contributed by atoms with van der Waals surface area (Å²) >= 11 is 5.74. The van der Waals surface area contributed by atoms with Crippen LogP contribution in [-0.4, -0.2) is 22.0 Å². The van der Waals surface area contributed by atoms with E-state index in [2.05, 4.69) is 5.32 Å². The number of benzene rings is 1. The standard InChI is InChI=1S/C11H13ClN2O4/c1-6(2)9(11(15)16)13-8-5-3-4-7(12)10(8)14(17)18/h3-6,9,13H,1-2H3,(H,15,16). The minimum Gasteiger partial charge on any atom is -0.480 e. The Hall–Kier alpha value is -1.82. The number of carboxylic acids is 1. The first-order valence-electron chi connectivity index (χ1n) is 5.26. The maximum Gasteiger partial charge on any atom is 0.326 e. The van der Waals surface area contributed by atoms with Crippen molar-refractivity contribution in [2.24, 2.45) is 5.92 Å². The first kappa shape index (κ1) is 14.2. The zero-order chi connectivity index (χ0) is 13.9. The maximum absolute atomic E-state index is 11.0. The molecule has 7 heteroatoms. The lowest BCUT2D eigenvalue weighted by atomic mass is 10.0. The predicted octanol–water partition coefficient (Wildman–Crippen LogP) is 2.77. The van der Waals surface area contributed by atoms with Crippen molar-refractivity contribution in [2.75, 3.05) is 5.32 Å². The van der Waals surface area contributed by atoms with Crippen LogP contribution < -0.4 is 5.32 Å². The molecule has 18 heavy (non-hydrogen) atoms. The predicted molar refractivity (Wildman–Crippen MR) is 68.0 cm³/mol. The number of carboxylic acid groups (broad SMARTS) is 1. The van der Waals surface area contributed by atoms with E-state index >= 15 is 0 Å². The summed E-state index contributed by atoms with van der Waals surface area (Å²) in [5.41, 5.74) is -0.209. The molecule has 1 atom stereocenters. The highest BCUT2D eigenvalue weighted by Gasteiger charge is 2.26. The molecule has 0 radical (unpaired) electrons. The van der Waals surface area contributed by atoms with Crippen LogP contribution in [0.25, 0.3) is 0 Å². The van der Waals surface area contributed by atoms with Gasteiger partial charge in [-0.15, -0.1) is 0 Å². The number of nitro benzene ring substituents is 1. The number of hydrogen-bond donors (Lipinski definition) is 2. The summed E-state index contributed by atoms with van der Waals surface area (Å²) in [6.45, 7) is 3.42. The Morgan fingerprint density at radius 3 is 2.56 bits per heavy atom. The van der Waals surface area contributed by atoms with Gasteiger partial charge in [0.25, 0.3) is 0 Å². The number of nitrogens with one attached hydrogen (secondary N) is 1. The summed E-state index contributed by atoms with van der Waals surface area (Å²) in [7, 11) is 0. The van der Waals surface area contributed by atoms with E-state index in [9.17, 15) is 14.9 Å². The zero-order valence-corrected chi connectivity index (χ0v) is 10.6. The number of nitro groups is 1. The van der Waals surface area contributed by atoms with Gasteiger partial charge >= 0.3 is 11.7 Å². The lowest BCUT2D eigenvalue weighted by Gasteiger charge is -2.19. The Labute approximate surface area is 109 Å². The van der Waals surface area contributed by atoms with Crippen molar-refractivity contribution in [3.63, 3.8) is 0 Å². The summed E-state index contributed by atoms with van der Waals surface area (Å²) in [5, 5.41) is 22.5. The van der Waals surface area contributed by atoms with Crippen LogP contribution in [0.3, 0.4) is 0 Å². The Bertz CT molecular complexity index is 476. The lowest BCUT2D eigenvalue weighted by molar-refractivity contribution is -0.383. The second kappa shape index (κ2) is 5.68. The van der Waals surface area contributed by atoms with Crippen LogP contribution in [-0.2, 0) is 4.79 Å². The third kappa shape index (κ3) is 3.10. The molecule has 0 aliphatic rings.